The van der Waals surface area contributed by atoms with E-state index >= 15 is 0 Å². The molecule has 190 valence electrons. The van der Waals surface area contributed by atoms with Crippen LogP contribution < -0.4 is 10.6 Å². The molecular weight excluding hydrogens is 478 g/mol. The van der Waals surface area contributed by atoms with Gasteiger partial charge in [-0.1, -0.05) is 63.6 Å². The van der Waals surface area contributed by atoms with Crippen LogP contribution in [0.2, 0.25) is 0 Å². The van der Waals surface area contributed by atoms with E-state index in [1.165, 1.54) is 30.0 Å². The molecule has 7 heteroatoms. The average molecular weight is 512 g/mol. The number of carbonyl (C=O) groups excluding carboxylic acids is 1. The lowest BCUT2D eigenvalue weighted by molar-refractivity contribution is -0.115. The van der Waals surface area contributed by atoms with Crippen molar-refractivity contribution in [1.82, 2.24) is 20.3 Å². The van der Waals surface area contributed by atoms with Gasteiger partial charge in [-0.3, -0.25) is 10.1 Å². The van der Waals surface area contributed by atoms with Crippen molar-refractivity contribution in [2.75, 3.05) is 5.32 Å². The van der Waals surface area contributed by atoms with Gasteiger partial charge in [-0.25, -0.2) is 0 Å². The average Bonchev–Trinajstić information content (AvgIpc) is 3.29. The molecule has 4 rings (SSSR count). The lowest BCUT2D eigenvalue weighted by Gasteiger charge is -2.10. The maximum absolute atomic E-state index is 12.4. The Bertz CT molecular complexity index is 1420. The van der Waals surface area contributed by atoms with Crippen LogP contribution in [0.5, 0.6) is 0 Å². The quantitative estimate of drug-likeness (QED) is 0.203. The van der Waals surface area contributed by atoms with Gasteiger partial charge in [0.05, 0.1) is 5.69 Å². The molecule has 0 aliphatic heterocycles. The number of nitrogens with zero attached hydrogens (tertiary/aromatic N) is 3. The molecule has 0 bridgehead atoms. The normalized spacial score (nSPS) is 11.4. The monoisotopic (exact) mass is 511 g/mol. The number of amides is 1. The van der Waals surface area contributed by atoms with Crippen molar-refractivity contribution in [1.29, 1.82) is 0 Å². The third-order valence-electron chi connectivity index (χ3n) is 6.23. The van der Waals surface area contributed by atoms with E-state index in [0.717, 1.165) is 40.0 Å². The van der Waals surface area contributed by atoms with Gasteiger partial charge in [0.25, 0.3) is 0 Å². The van der Waals surface area contributed by atoms with Crippen molar-refractivity contribution < 1.29 is 4.79 Å². The molecule has 0 saturated heterocycles. The van der Waals surface area contributed by atoms with Crippen LogP contribution in [-0.2, 0) is 11.2 Å². The number of aromatic nitrogens is 3. The Morgan fingerprint density at radius 1 is 1.03 bits per heavy atom. The van der Waals surface area contributed by atoms with Gasteiger partial charge in [0.2, 0.25) is 5.91 Å². The Morgan fingerprint density at radius 2 is 1.70 bits per heavy atom. The molecule has 4 aromatic rings. The summed E-state index contributed by atoms with van der Waals surface area (Å²) in [4.78, 5) is 14.0. The zero-order valence-electron chi connectivity index (χ0n) is 21.8. The van der Waals surface area contributed by atoms with Crippen LogP contribution in [0.15, 0.2) is 66.7 Å². The molecule has 2 N–H and O–H groups in total. The number of aryl methyl sites for hydroxylation is 2. The lowest BCUT2D eigenvalue weighted by atomic mass is 10.0. The molecule has 0 spiro atoms. The van der Waals surface area contributed by atoms with E-state index in [1.54, 1.807) is 10.9 Å². The summed E-state index contributed by atoms with van der Waals surface area (Å²) >= 11 is 5.38. The molecule has 0 aliphatic carbocycles. The largest absolute Gasteiger partial charge is 0.332 e. The maximum Gasteiger partial charge on any atom is 0.250 e. The summed E-state index contributed by atoms with van der Waals surface area (Å²) in [6.07, 6.45) is 6.70. The maximum atomic E-state index is 12.4. The molecule has 1 amide bonds. The number of rotatable bonds is 8. The molecule has 0 unspecified atom stereocenters. The minimum Gasteiger partial charge on any atom is -0.332 e. The first-order valence-electron chi connectivity index (χ1n) is 12.7. The highest BCUT2D eigenvalue weighted by Gasteiger charge is 2.10. The second kappa shape index (κ2) is 11.9. The molecule has 1 heterocycles. The van der Waals surface area contributed by atoms with Gasteiger partial charge in [-0.05, 0) is 90.5 Å². The number of carbonyl (C=O) groups is 1. The van der Waals surface area contributed by atoms with E-state index in [9.17, 15) is 4.79 Å². The predicted octanol–water partition coefficient (Wildman–Crippen LogP) is 6.72. The Hall–Kier alpha value is -3.84. The smallest absolute Gasteiger partial charge is 0.250 e. The van der Waals surface area contributed by atoms with Crippen LogP contribution in [0, 0.1) is 6.92 Å². The zero-order valence-corrected chi connectivity index (χ0v) is 22.6. The number of thiocarbonyl (C=S) groups is 1. The highest BCUT2D eigenvalue weighted by atomic mass is 32.1. The Balaban J connectivity index is 1.40. The summed E-state index contributed by atoms with van der Waals surface area (Å²) in [5.41, 5.74) is 7.70. The number of hydrogen-bond donors (Lipinski definition) is 2. The Kier molecular flexibility index (Phi) is 8.46. The van der Waals surface area contributed by atoms with Crippen LogP contribution >= 0.6 is 12.2 Å². The minimum atomic E-state index is -0.294. The van der Waals surface area contributed by atoms with E-state index in [0.29, 0.717) is 5.92 Å². The third-order valence-corrected chi connectivity index (χ3v) is 6.43. The van der Waals surface area contributed by atoms with Crippen molar-refractivity contribution >= 4 is 46.0 Å². The highest BCUT2D eigenvalue weighted by molar-refractivity contribution is 7.80. The fraction of sp³-hybridized carbons (Fsp3) is 0.267. The standard InChI is InChI=1S/C30H33N5OS/c1-5-6-7-22-10-15-25(16-11-22)35-33-27-18-21(4)26(19-28(27)34-35)31-30(37)32-29(36)17-12-23-8-13-24(14-9-23)20(2)3/h8-20H,5-7H2,1-4H3,(H2,31,32,36,37)/b17-12+. The number of nitrogens with one attached hydrogen (secondary N) is 2. The van der Waals surface area contributed by atoms with Gasteiger partial charge < -0.3 is 5.32 Å². The SMILES string of the molecule is CCCCc1ccc(-n2nc3cc(C)c(NC(=S)NC(=O)/C=C/c4ccc(C(C)C)cc4)cc3n2)cc1. The molecule has 6 nitrogen and oxygen atoms in total. The predicted molar refractivity (Wildman–Crippen MR) is 156 cm³/mol. The van der Waals surface area contributed by atoms with Crippen LogP contribution in [-0.4, -0.2) is 26.0 Å². The Morgan fingerprint density at radius 3 is 2.35 bits per heavy atom. The number of fused-ring (bicyclic) bond motifs is 1. The molecule has 1 aromatic heterocycles. The van der Waals surface area contributed by atoms with Gasteiger partial charge in [0, 0.05) is 11.8 Å². The van der Waals surface area contributed by atoms with Crippen molar-refractivity contribution in [3.63, 3.8) is 0 Å². The summed E-state index contributed by atoms with van der Waals surface area (Å²) in [6, 6.07) is 20.4. The van der Waals surface area contributed by atoms with E-state index in [2.05, 4.69) is 65.9 Å². The van der Waals surface area contributed by atoms with E-state index in [4.69, 9.17) is 12.2 Å². The molecule has 0 radical (unpaired) electrons. The second-order valence-electron chi connectivity index (χ2n) is 9.51. The zero-order chi connectivity index (χ0) is 26.4. The topological polar surface area (TPSA) is 71.8 Å². The van der Waals surface area contributed by atoms with Crippen molar-refractivity contribution in [2.45, 2.75) is 52.9 Å². The summed E-state index contributed by atoms with van der Waals surface area (Å²) < 4.78 is 0. The first-order chi connectivity index (χ1) is 17.8. The number of unbranched alkanes of at least 4 members (excludes halogenated alkanes) is 1. The third kappa shape index (κ3) is 6.89. The molecule has 3 aromatic carbocycles. The number of hydrogen-bond acceptors (Lipinski definition) is 4. The van der Waals surface area contributed by atoms with Crippen molar-refractivity contribution in [3.05, 3.63) is 89.0 Å². The second-order valence-corrected chi connectivity index (χ2v) is 9.92. The number of benzene rings is 3. The lowest BCUT2D eigenvalue weighted by Crippen LogP contribution is -2.33. The van der Waals surface area contributed by atoms with Crippen LogP contribution in [0.1, 0.15) is 61.8 Å². The molecule has 0 fully saturated rings. The fourth-order valence-corrected chi connectivity index (χ4v) is 4.18. The molecule has 37 heavy (non-hydrogen) atoms. The van der Waals surface area contributed by atoms with E-state index in [-0.39, 0.29) is 11.0 Å². The van der Waals surface area contributed by atoms with Crippen molar-refractivity contribution in [2.24, 2.45) is 0 Å². The van der Waals surface area contributed by atoms with Crippen molar-refractivity contribution in [3.8, 4) is 5.69 Å². The van der Waals surface area contributed by atoms with Gasteiger partial charge >= 0.3 is 0 Å². The minimum absolute atomic E-state index is 0.224. The summed E-state index contributed by atoms with van der Waals surface area (Å²) in [5, 5.41) is 15.3. The van der Waals surface area contributed by atoms with E-state index in [1.807, 2.05) is 43.3 Å². The summed E-state index contributed by atoms with van der Waals surface area (Å²) in [5.74, 6) is 0.177. The molecule has 0 aliphatic rings. The van der Waals surface area contributed by atoms with Gasteiger partial charge in [0.15, 0.2) is 5.11 Å². The van der Waals surface area contributed by atoms with E-state index < -0.39 is 0 Å². The summed E-state index contributed by atoms with van der Waals surface area (Å²) in [6.45, 7) is 8.47. The van der Waals surface area contributed by atoms with Crippen LogP contribution in [0.25, 0.3) is 22.8 Å². The first-order valence-corrected chi connectivity index (χ1v) is 13.1. The van der Waals surface area contributed by atoms with Crippen LogP contribution in [0.3, 0.4) is 0 Å². The highest BCUT2D eigenvalue weighted by Crippen LogP contribution is 2.22. The summed E-state index contributed by atoms with van der Waals surface area (Å²) in [7, 11) is 0. The first kappa shape index (κ1) is 26.2. The number of anilines is 1. The molecule has 0 atom stereocenters. The van der Waals surface area contributed by atoms with Gasteiger partial charge in [0.1, 0.15) is 11.0 Å². The molecule has 0 saturated carbocycles. The van der Waals surface area contributed by atoms with Crippen LogP contribution in [0.4, 0.5) is 5.69 Å². The molecular formula is C30H33N5OS. The van der Waals surface area contributed by atoms with Gasteiger partial charge in [-0.2, -0.15) is 4.80 Å². The van der Waals surface area contributed by atoms with Gasteiger partial charge in [-0.15, -0.1) is 10.2 Å². The fourth-order valence-electron chi connectivity index (χ4n) is 3.97. The Labute approximate surface area is 223 Å².